The predicted molar refractivity (Wildman–Crippen MR) is 98.8 cm³/mol. The summed E-state index contributed by atoms with van der Waals surface area (Å²) < 4.78 is 0. The van der Waals surface area contributed by atoms with Crippen LogP contribution in [0.3, 0.4) is 0 Å². The van der Waals surface area contributed by atoms with Crippen molar-refractivity contribution in [2.75, 3.05) is 26.2 Å². The van der Waals surface area contributed by atoms with Gasteiger partial charge in [-0.2, -0.15) is 0 Å². The van der Waals surface area contributed by atoms with E-state index in [0.717, 1.165) is 19.6 Å². The van der Waals surface area contributed by atoms with E-state index >= 15 is 0 Å². The molecule has 0 aromatic heterocycles. The number of carbonyl (C=O) groups is 8. The molecule has 164 valence electrons. The Hall–Kier alpha value is -3.44. The van der Waals surface area contributed by atoms with Crippen LogP contribution in [0.1, 0.15) is 40.5 Å². The van der Waals surface area contributed by atoms with Crippen molar-refractivity contribution in [2.45, 2.75) is 40.5 Å². The van der Waals surface area contributed by atoms with Crippen LogP contribution >= 0.6 is 0 Å². The molecule has 0 radical (unpaired) electrons. The molecule has 0 saturated carbocycles. The van der Waals surface area contributed by atoms with Crippen LogP contribution in [0.15, 0.2) is 0 Å². The van der Waals surface area contributed by atoms with E-state index < -0.39 is 35.4 Å². The van der Waals surface area contributed by atoms with E-state index in [-0.39, 0.29) is 50.8 Å². The minimum Gasteiger partial charge on any atom is -0.275 e. The minimum atomic E-state index is -0.521. The van der Waals surface area contributed by atoms with Crippen molar-refractivity contribution in [3.63, 3.8) is 0 Å². The standard InChI is InChI=1S/C10H14N2O4.C8H10N2O4/c1-3-7(13)11-5-10(16)12(6-9(11)15)8(14)4-2;1-5(11)9-3-8(14)10(6(2)12)4-7(9)13/h3-6H2,1-2H3;3-4H2,1-2H3. The summed E-state index contributed by atoms with van der Waals surface area (Å²) >= 11 is 0. The van der Waals surface area contributed by atoms with Crippen molar-refractivity contribution in [3.8, 4) is 0 Å². The van der Waals surface area contributed by atoms with Crippen molar-refractivity contribution >= 4 is 47.3 Å². The zero-order chi connectivity index (χ0) is 23.2. The van der Waals surface area contributed by atoms with E-state index in [2.05, 4.69) is 0 Å². The van der Waals surface area contributed by atoms with Gasteiger partial charge < -0.3 is 0 Å². The van der Waals surface area contributed by atoms with Gasteiger partial charge in [0, 0.05) is 26.7 Å². The van der Waals surface area contributed by atoms with Gasteiger partial charge in [-0.15, -0.1) is 0 Å². The number of nitrogens with zero attached hydrogens (tertiary/aromatic N) is 4. The van der Waals surface area contributed by atoms with Crippen molar-refractivity contribution in [1.29, 1.82) is 0 Å². The Morgan fingerprint density at radius 1 is 0.567 bits per heavy atom. The van der Waals surface area contributed by atoms with E-state index in [0.29, 0.717) is 0 Å². The molecular formula is C18H24N4O8. The molecule has 0 aliphatic carbocycles. The van der Waals surface area contributed by atoms with Gasteiger partial charge in [0.05, 0.1) is 0 Å². The Balaban J connectivity index is 0.000000303. The molecule has 2 rings (SSSR count). The zero-order valence-corrected chi connectivity index (χ0v) is 17.3. The van der Waals surface area contributed by atoms with Crippen LogP contribution in [0.2, 0.25) is 0 Å². The summed E-state index contributed by atoms with van der Waals surface area (Å²) in [5, 5.41) is 0. The molecule has 2 aliphatic rings. The number of hydrogen-bond acceptors (Lipinski definition) is 8. The lowest BCUT2D eigenvalue weighted by Crippen LogP contribution is -2.57. The molecule has 0 N–H and O–H groups in total. The number of amides is 8. The maximum Gasteiger partial charge on any atom is 0.249 e. The Kier molecular flexibility index (Phi) is 8.50. The lowest BCUT2D eigenvalue weighted by molar-refractivity contribution is -0.162. The highest BCUT2D eigenvalue weighted by Crippen LogP contribution is 2.08. The van der Waals surface area contributed by atoms with Gasteiger partial charge in [-0.1, -0.05) is 13.8 Å². The molecule has 8 amide bonds. The molecule has 0 atom stereocenters. The number of piperazine rings is 2. The molecular weight excluding hydrogens is 400 g/mol. The van der Waals surface area contributed by atoms with E-state index in [4.69, 9.17) is 0 Å². The second-order valence-electron chi connectivity index (χ2n) is 6.45. The van der Waals surface area contributed by atoms with Crippen LogP contribution < -0.4 is 0 Å². The average molecular weight is 424 g/mol. The fourth-order valence-corrected chi connectivity index (χ4v) is 2.65. The van der Waals surface area contributed by atoms with Gasteiger partial charge in [-0.25, -0.2) is 0 Å². The molecule has 2 saturated heterocycles. The van der Waals surface area contributed by atoms with Gasteiger partial charge >= 0.3 is 0 Å². The van der Waals surface area contributed by atoms with Crippen molar-refractivity contribution in [2.24, 2.45) is 0 Å². The van der Waals surface area contributed by atoms with Crippen LogP contribution in [0.5, 0.6) is 0 Å². The maximum absolute atomic E-state index is 11.5. The zero-order valence-electron chi connectivity index (χ0n) is 17.3. The molecule has 2 aliphatic heterocycles. The first-order valence-electron chi connectivity index (χ1n) is 9.22. The number of hydrogen-bond donors (Lipinski definition) is 0. The molecule has 2 fully saturated rings. The van der Waals surface area contributed by atoms with Gasteiger partial charge in [0.15, 0.2) is 0 Å². The molecule has 0 unspecified atom stereocenters. The largest absolute Gasteiger partial charge is 0.275 e. The van der Waals surface area contributed by atoms with Crippen LogP contribution in [0.25, 0.3) is 0 Å². The molecule has 12 nitrogen and oxygen atoms in total. The lowest BCUT2D eigenvalue weighted by Gasteiger charge is -2.31. The monoisotopic (exact) mass is 424 g/mol. The fourth-order valence-electron chi connectivity index (χ4n) is 2.65. The maximum atomic E-state index is 11.5. The first-order valence-corrected chi connectivity index (χ1v) is 9.22. The Labute approximate surface area is 172 Å². The van der Waals surface area contributed by atoms with Gasteiger partial charge in [-0.3, -0.25) is 58.0 Å². The molecule has 2 heterocycles. The average Bonchev–Trinajstić information content (AvgIpc) is 2.69. The highest BCUT2D eigenvalue weighted by molar-refractivity contribution is 6.09. The lowest BCUT2D eigenvalue weighted by atomic mass is 10.2. The summed E-state index contributed by atoms with van der Waals surface area (Å²) in [5.41, 5.74) is 0. The quantitative estimate of drug-likeness (QED) is 0.508. The van der Waals surface area contributed by atoms with Gasteiger partial charge in [0.1, 0.15) is 26.2 Å². The smallest absolute Gasteiger partial charge is 0.249 e. The SMILES string of the molecule is CC(=O)N1CC(=O)N(C(C)=O)CC1=O.CCC(=O)N1CC(=O)N(C(=O)CC)CC1=O. The predicted octanol–water partition coefficient (Wildman–Crippen LogP) is -1.72. The third-order valence-corrected chi connectivity index (χ3v) is 4.34. The third kappa shape index (κ3) is 5.78. The highest BCUT2D eigenvalue weighted by Gasteiger charge is 2.35. The summed E-state index contributed by atoms with van der Waals surface area (Å²) in [6, 6.07) is 0. The van der Waals surface area contributed by atoms with Crippen LogP contribution in [0.4, 0.5) is 0 Å². The highest BCUT2D eigenvalue weighted by atomic mass is 16.2. The summed E-state index contributed by atoms with van der Waals surface area (Å²) in [4.78, 5) is 93.4. The van der Waals surface area contributed by atoms with Crippen molar-refractivity contribution < 1.29 is 38.4 Å². The van der Waals surface area contributed by atoms with Gasteiger partial charge in [0.25, 0.3) is 0 Å². The summed E-state index contributed by atoms with van der Waals surface area (Å²) in [6.45, 7) is 4.31. The van der Waals surface area contributed by atoms with E-state index in [9.17, 15) is 38.4 Å². The molecule has 30 heavy (non-hydrogen) atoms. The number of carbonyl (C=O) groups excluding carboxylic acids is 8. The van der Waals surface area contributed by atoms with E-state index in [1.54, 1.807) is 13.8 Å². The van der Waals surface area contributed by atoms with Crippen LogP contribution in [-0.4, -0.2) is 93.0 Å². The molecule has 0 bridgehead atoms. The summed E-state index contributed by atoms with van der Waals surface area (Å²) in [6.07, 6.45) is 0.335. The Bertz CT molecular complexity index is 740. The van der Waals surface area contributed by atoms with Crippen molar-refractivity contribution in [1.82, 2.24) is 19.6 Å². The fraction of sp³-hybridized carbons (Fsp3) is 0.556. The number of imide groups is 4. The van der Waals surface area contributed by atoms with Gasteiger partial charge in [0.2, 0.25) is 47.3 Å². The second-order valence-corrected chi connectivity index (χ2v) is 6.45. The topological polar surface area (TPSA) is 150 Å². The minimum absolute atomic E-state index is 0.167. The summed E-state index contributed by atoms with van der Waals surface area (Å²) in [7, 11) is 0. The Morgan fingerprint density at radius 2 is 0.800 bits per heavy atom. The molecule has 0 spiro atoms. The summed E-state index contributed by atoms with van der Waals surface area (Å²) in [5.74, 6) is -3.76. The third-order valence-electron chi connectivity index (χ3n) is 4.34. The Morgan fingerprint density at radius 3 is 1.03 bits per heavy atom. The van der Waals surface area contributed by atoms with Gasteiger partial charge in [-0.05, 0) is 0 Å². The van der Waals surface area contributed by atoms with E-state index in [1.807, 2.05) is 0 Å². The second kappa shape index (κ2) is 10.4. The molecule has 12 heteroatoms. The van der Waals surface area contributed by atoms with Crippen molar-refractivity contribution in [3.05, 3.63) is 0 Å². The van der Waals surface area contributed by atoms with Crippen LogP contribution in [-0.2, 0) is 38.4 Å². The molecule has 0 aromatic rings. The normalized spacial score (nSPS) is 16.9. The number of rotatable bonds is 2. The van der Waals surface area contributed by atoms with E-state index in [1.165, 1.54) is 13.8 Å². The molecule has 0 aromatic carbocycles. The first kappa shape index (κ1) is 24.6. The first-order chi connectivity index (χ1) is 13.9. The van der Waals surface area contributed by atoms with Crippen LogP contribution in [0, 0.1) is 0 Å².